The average molecular weight is 428 g/mol. The van der Waals surface area contributed by atoms with Crippen molar-refractivity contribution < 1.29 is 14.3 Å². The molecule has 0 radical (unpaired) electrons. The van der Waals surface area contributed by atoms with Crippen molar-refractivity contribution in [3.63, 3.8) is 0 Å². The van der Waals surface area contributed by atoms with Crippen LogP contribution in [0.4, 0.5) is 0 Å². The summed E-state index contributed by atoms with van der Waals surface area (Å²) in [6, 6.07) is 20.5. The van der Waals surface area contributed by atoms with Crippen LogP contribution >= 0.6 is 0 Å². The summed E-state index contributed by atoms with van der Waals surface area (Å²) in [6.07, 6.45) is 0. The molecule has 0 saturated heterocycles. The lowest BCUT2D eigenvalue weighted by Crippen LogP contribution is -2.06. The topological polar surface area (TPSA) is 58.3 Å². The quantitative estimate of drug-likeness (QED) is 0.347. The van der Waals surface area contributed by atoms with E-state index < -0.39 is 0 Å². The lowest BCUT2D eigenvalue weighted by Gasteiger charge is -2.09. The normalized spacial score (nSPS) is 11.6. The molecule has 32 heavy (non-hydrogen) atoms. The monoisotopic (exact) mass is 427 g/mol. The van der Waals surface area contributed by atoms with E-state index in [0.29, 0.717) is 18.7 Å². The second-order valence-electron chi connectivity index (χ2n) is 7.77. The first-order chi connectivity index (χ1) is 15.7. The second kappa shape index (κ2) is 8.13. The highest BCUT2D eigenvalue weighted by molar-refractivity contribution is 6.09. The molecule has 0 saturated carbocycles. The van der Waals surface area contributed by atoms with E-state index in [1.54, 1.807) is 19.2 Å². The molecule has 0 spiro atoms. The Morgan fingerprint density at radius 1 is 0.906 bits per heavy atom. The highest BCUT2D eigenvalue weighted by Gasteiger charge is 2.17. The molecule has 0 N–H and O–H groups in total. The number of aryl methyl sites for hydroxylation is 1. The van der Waals surface area contributed by atoms with E-state index in [4.69, 9.17) is 14.5 Å². The molecule has 6 nitrogen and oxygen atoms in total. The zero-order valence-corrected chi connectivity index (χ0v) is 18.5. The van der Waals surface area contributed by atoms with Crippen molar-refractivity contribution in [2.75, 3.05) is 20.8 Å². The van der Waals surface area contributed by atoms with Gasteiger partial charge in [-0.25, -0.2) is 9.78 Å². The van der Waals surface area contributed by atoms with Crippen LogP contribution in [0.15, 0.2) is 60.7 Å². The molecular weight excluding hydrogens is 402 g/mol. The molecule has 6 heteroatoms. The smallest absolute Gasteiger partial charge is 0.337 e. The van der Waals surface area contributed by atoms with Crippen molar-refractivity contribution >= 4 is 38.8 Å². The highest BCUT2D eigenvalue weighted by atomic mass is 16.5. The van der Waals surface area contributed by atoms with Crippen LogP contribution in [-0.2, 0) is 22.6 Å². The number of nitrogens with zero attached hydrogens (tertiary/aromatic N) is 3. The van der Waals surface area contributed by atoms with Crippen LogP contribution in [0.25, 0.3) is 44.2 Å². The van der Waals surface area contributed by atoms with E-state index in [9.17, 15) is 4.79 Å². The predicted octanol–water partition coefficient (Wildman–Crippen LogP) is 5.26. The summed E-state index contributed by atoms with van der Waals surface area (Å²) < 4.78 is 14.7. The number of fused-ring (bicyclic) bond motifs is 4. The van der Waals surface area contributed by atoms with Gasteiger partial charge in [0.1, 0.15) is 5.82 Å². The SMILES string of the molecule is CCn1c2ccccc2c2cc(-c3nc4cc(C(=O)OC)ccc4n3CCOC)ccc21. The van der Waals surface area contributed by atoms with Gasteiger partial charge in [-0.3, -0.25) is 0 Å². The van der Waals surface area contributed by atoms with Crippen LogP contribution in [0.2, 0.25) is 0 Å². The third-order valence-electron chi connectivity index (χ3n) is 6.04. The van der Waals surface area contributed by atoms with Gasteiger partial charge < -0.3 is 18.6 Å². The zero-order chi connectivity index (χ0) is 22.2. The molecule has 5 rings (SSSR count). The molecular formula is C26H25N3O3. The van der Waals surface area contributed by atoms with E-state index in [0.717, 1.165) is 29.0 Å². The number of methoxy groups -OCH3 is 2. The third kappa shape index (κ3) is 3.15. The van der Waals surface area contributed by atoms with Gasteiger partial charge in [-0.15, -0.1) is 0 Å². The van der Waals surface area contributed by atoms with E-state index in [-0.39, 0.29) is 5.97 Å². The number of aromatic nitrogens is 3. The van der Waals surface area contributed by atoms with Crippen LogP contribution in [0, 0.1) is 0 Å². The Balaban J connectivity index is 1.73. The fraction of sp³-hybridized carbons (Fsp3) is 0.231. The van der Waals surface area contributed by atoms with Gasteiger partial charge >= 0.3 is 5.97 Å². The minimum Gasteiger partial charge on any atom is -0.465 e. The Kier molecular flexibility index (Phi) is 5.15. The first kappa shape index (κ1) is 20.3. The van der Waals surface area contributed by atoms with E-state index in [1.807, 2.05) is 6.07 Å². The fourth-order valence-corrected chi connectivity index (χ4v) is 4.54. The summed E-state index contributed by atoms with van der Waals surface area (Å²) in [5, 5.41) is 2.44. The maximum Gasteiger partial charge on any atom is 0.337 e. The number of imidazole rings is 1. The van der Waals surface area contributed by atoms with Crippen molar-refractivity contribution in [2.24, 2.45) is 0 Å². The lowest BCUT2D eigenvalue weighted by atomic mass is 10.1. The predicted molar refractivity (Wildman–Crippen MR) is 127 cm³/mol. The summed E-state index contributed by atoms with van der Waals surface area (Å²) in [5.74, 6) is 0.489. The Bertz CT molecular complexity index is 1460. The maximum absolute atomic E-state index is 12.0. The summed E-state index contributed by atoms with van der Waals surface area (Å²) in [4.78, 5) is 16.9. The molecule has 5 aromatic rings. The van der Waals surface area contributed by atoms with Gasteiger partial charge in [-0.1, -0.05) is 18.2 Å². The molecule has 162 valence electrons. The van der Waals surface area contributed by atoms with Crippen molar-refractivity contribution in [2.45, 2.75) is 20.0 Å². The van der Waals surface area contributed by atoms with E-state index >= 15 is 0 Å². The number of ether oxygens (including phenoxy) is 2. The summed E-state index contributed by atoms with van der Waals surface area (Å²) in [6.45, 7) is 4.30. The lowest BCUT2D eigenvalue weighted by molar-refractivity contribution is 0.0601. The Hall–Kier alpha value is -3.64. The molecule has 0 aliphatic rings. The number of rotatable bonds is 6. The number of benzene rings is 3. The molecule has 2 heterocycles. The summed E-state index contributed by atoms with van der Waals surface area (Å²) >= 11 is 0. The molecule has 0 unspecified atom stereocenters. The van der Waals surface area contributed by atoms with Crippen LogP contribution < -0.4 is 0 Å². The molecule has 0 amide bonds. The molecule has 0 atom stereocenters. The van der Waals surface area contributed by atoms with Crippen LogP contribution in [0.1, 0.15) is 17.3 Å². The van der Waals surface area contributed by atoms with E-state index in [2.05, 4.69) is 58.5 Å². The molecule has 0 fully saturated rings. The number of esters is 1. The first-order valence-electron chi connectivity index (χ1n) is 10.7. The number of carbonyl (C=O) groups excluding carboxylic acids is 1. The summed E-state index contributed by atoms with van der Waals surface area (Å²) in [7, 11) is 3.08. The average Bonchev–Trinajstić information content (AvgIpc) is 3.36. The molecule has 3 aromatic carbocycles. The standard InChI is InChI=1S/C26H25N3O3/c1-4-28-22-8-6-5-7-19(22)20-15-17(9-11-23(20)28)25-27-21-16-18(26(30)32-3)10-12-24(21)29(25)13-14-31-2/h5-12,15-16H,4,13-14H2,1-3H3. The minimum absolute atomic E-state index is 0.367. The Labute approximate surface area is 186 Å². The van der Waals surface area contributed by atoms with Gasteiger partial charge in [-0.2, -0.15) is 0 Å². The van der Waals surface area contributed by atoms with Gasteiger partial charge in [0.15, 0.2) is 0 Å². The Morgan fingerprint density at radius 3 is 2.47 bits per heavy atom. The van der Waals surface area contributed by atoms with Crippen molar-refractivity contribution in [1.29, 1.82) is 0 Å². The highest BCUT2D eigenvalue weighted by Crippen LogP contribution is 2.33. The number of hydrogen-bond donors (Lipinski definition) is 0. The molecule has 0 aliphatic heterocycles. The van der Waals surface area contributed by atoms with Crippen molar-refractivity contribution in [1.82, 2.24) is 14.1 Å². The van der Waals surface area contributed by atoms with Crippen LogP contribution in [0.5, 0.6) is 0 Å². The fourth-order valence-electron chi connectivity index (χ4n) is 4.54. The van der Waals surface area contributed by atoms with Gasteiger partial charge in [-0.05, 0) is 49.4 Å². The van der Waals surface area contributed by atoms with Crippen LogP contribution in [0.3, 0.4) is 0 Å². The van der Waals surface area contributed by atoms with Gasteiger partial charge in [0.05, 0.1) is 30.3 Å². The molecule has 0 bridgehead atoms. The Morgan fingerprint density at radius 2 is 1.69 bits per heavy atom. The van der Waals surface area contributed by atoms with Gasteiger partial charge in [0.2, 0.25) is 0 Å². The van der Waals surface area contributed by atoms with Crippen molar-refractivity contribution in [3.05, 3.63) is 66.2 Å². The number of hydrogen-bond acceptors (Lipinski definition) is 4. The molecule has 0 aliphatic carbocycles. The second-order valence-corrected chi connectivity index (χ2v) is 7.77. The van der Waals surface area contributed by atoms with Crippen molar-refractivity contribution in [3.8, 4) is 11.4 Å². The number of para-hydroxylation sites is 1. The maximum atomic E-state index is 12.0. The van der Waals surface area contributed by atoms with Gasteiger partial charge in [0, 0.05) is 47.6 Å². The number of carbonyl (C=O) groups is 1. The summed E-state index contributed by atoms with van der Waals surface area (Å²) in [5.41, 5.74) is 5.69. The van der Waals surface area contributed by atoms with Gasteiger partial charge in [0.25, 0.3) is 0 Å². The third-order valence-corrected chi connectivity index (χ3v) is 6.04. The largest absolute Gasteiger partial charge is 0.465 e. The minimum atomic E-state index is -0.367. The molecule has 2 aromatic heterocycles. The van der Waals surface area contributed by atoms with E-state index in [1.165, 1.54) is 28.9 Å². The zero-order valence-electron chi connectivity index (χ0n) is 18.5. The first-order valence-corrected chi connectivity index (χ1v) is 10.7. The van der Waals surface area contributed by atoms with Crippen LogP contribution in [-0.4, -0.2) is 40.9 Å².